The van der Waals surface area contributed by atoms with Crippen LogP contribution in [0.3, 0.4) is 0 Å². The monoisotopic (exact) mass is 327 g/mol. The molecule has 1 aliphatic heterocycles. The summed E-state index contributed by atoms with van der Waals surface area (Å²) in [6.45, 7) is 1.87. The minimum absolute atomic E-state index is 0.0632. The third kappa shape index (κ3) is 3.04. The smallest absolute Gasteiger partial charge is 0.319 e. The molecular weight excluding hydrogens is 310 g/mol. The van der Waals surface area contributed by atoms with E-state index in [4.69, 9.17) is 0 Å². The summed E-state index contributed by atoms with van der Waals surface area (Å²) in [4.78, 5) is 31.8. The van der Waals surface area contributed by atoms with Gasteiger partial charge in [0.25, 0.3) is 5.91 Å². The Balaban J connectivity index is 1.57. The molecule has 1 atom stereocenters. The molecule has 2 aromatic rings. The summed E-state index contributed by atoms with van der Waals surface area (Å²) in [5.41, 5.74) is -0.0761. The predicted octanol–water partition coefficient (Wildman–Crippen LogP) is 1.14. The summed E-state index contributed by atoms with van der Waals surface area (Å²) in [5, 5.41) is 18.5. The number of carbonyl (C=O) groups is 2. The SMILES string of the molecule is Cc1ncc(NC(=O)NCCC2(O)C(=O)Nc3ccccc32)cn1. The number of benzene rings is 1. The molecule has 0 radical (unpaired) electrons. The van der Waals surface area contributed by atoms with E-state index in [1.807, 2.05) is 0 Å². The van der Waals surface area contributed by atoms with Crippen molar-refractivity contribution in [3.8, 4) is 0 Å². The van der Waals surface area contributed by atoms with Crippen molar-refractivity contribution >= 4 is 23.3 Å². The minimum Gasteiger partial charge on any atom is -0.375 e. The quantitative estimate of drug-likeness (QED) is 0.672. The Kier molecular flexibility index (Phi) is 4.13. The number of hydrogen-bond acceptors (Lipinski definition) is 5. The molecule has 3 rings (SSSR count). The van der Waals surface area contributed by atoms with Crippen LogP contribution in [0.1, 0.15) is 17.8 Å². The number of fused-ring (bicyclic) bond motifs is 1. The zero-order valence-electron chi connectivity index (χ0n) is 13.0. The van der Waals surface area contributed by atoms with Crippen LogP contribution < -0.4 is 16.0 Å². The molecule has 8 heteroatoms. The molecule has 0 bridgehead atoms. The standard InChI is InChI=1S/C16H17N5O3/c1-10-18-8-11(9-19-10)20-15(23)17-7-6-16(24)12-4-2-3-5-13(12)21-14(16)22/h2-5,8-9,24H,6-7H2,1H3,(H,21,22)(H2,17,20,23). The van der Waals surface area contributed by atoms with E-state index in [9.17, 15) is 14.7 Å². The van der Waals surface area contributed by atoms with Gasteiger partial charge in [-0.2, -0.15) is 0 Å². The average molecular weight is 327 g/mol. The molecule has 0 saturated heterocycles. The van der Waals surface area contributed by atoms with Crippen molar-refractivity contribution in [1.29, 1.82) is 0 Å². The summed E-state index contributed by atoms with van der Waals surface area (Å²) in [7, 11) is 0. The molecule has 0 spiro atoms. The van der Waals surface area contributed by atoms with Gasteiger partial charge in [-0.1, -0.05) is 18.2 Å². The van der Waals surface area contributed by atoms with Crippen LogP contribution in [0.2, 0.25) is 0 Å². The first-order valence-electron chi connectivity index (χ1n) is 7.46. The van der Waals surface area contributed by atoms with Gasteiger partial charge in [-0.05, 0) is 13.0 Å². The summed E-state index contributed by atoms with van der Waals surface area (Å²) in [6, 6.07) is 6.49. The van der Waals surface area contributed by atoms with Gasteiger partial charge in [-0.3, -0.25) is 4.79 Å². The lowest BCUT2D eigenvalue weighted by atomic mass is 9.92. The van der Waals surface area contributed by atoms with Crippen LogP contribution in [0, 0.1) is 6.92 Å². The van der Waals surface area contributed by atoms with E-state index in [0.29, 0.717) is 22.8 Å². The maximum Gasteiger partial charge on any atom is 0.319 e. The fraction of sp³-hybridized carbons (Fsp3) is 0.250. The van der Waals surface area contributed by atoms with Gasteiger partial charge in [0.2, 0.25) is 0 Å². The molecule has 1 aliphatic rings. The molecule has 0 fully saturated rings. The summed E-state index contributed by atoms with van der Waals surface area (Å²) in [5.74, 6) is 0.118. The lowest BCUT2D eigenvalue weighted by Crippen LogP contribution is -2.39. The van der Waals surface area contributed by atoms with Gasteiger partial charge in [0, 0.05) is 24.2 Å². The highest BCUT2D eigenvalue weighted by atomic mass is 16.3. The molecule has 1 aromatic carbocycles. The van der Waals surface area contributed by atoms with Crippen molar-refractivity contribution in [3.05, 3.63) is 48.0 Å². The number of nitrogens with zero attached hydrogens (tertiary/aromatic N) is 2. The van der Waals surface area contributed by atoms with Gasteiger partial charge in [0.05, 0.1) is 18.1 Å². The highest BCUT2D eigenvalue weighted by Gasteiger charge is 2.44. The molecule has 1 aromatic heterocycles. The van der Waals surface area contributed by atoms with Crippen molar-refractivity contribution in [3.63, 3.8) is 0 Å². The number of urea groups is 1. The van der Waals surface area contributed by atoms with Crippen LogP contribution in [-0.2, 0) is 10.4 Å². The second-order valence-corrected chi connectivity index (χ2v) is 5.51. The highest BCUT2D eigenvalue weighted by molar-refractivity contribution is 6.04. The fourth-order valence-corrected chi connectivity index (χ4v) is 2.54. The Hall–Kier alpha value is -3.00. The lowest BCUT2D eigenvalue weighted by molar-refractivity contribution is -0.134. The second-order valence-electron chi connectivity index (χ2n) is 5.51. The molecule has 24 heavy (non-hydrogen) atoms. The molecule has 0 saturated carbocycles. The Labute approximate surface area is 138 Å². The number of hydrogen-bond donors (Lipinski definition) is 4. The summed E-state index contributed by atoms with van der Waals surface area (Å²) < 4.78 is 0. The van der Waals surface area contributed by atoms with Crippen LogP contribution in [0.25, 0.3) is 0 Å². The Bertz CT molecular complexity index is 778. The van der Waals surface area contributed by atoms with Gasteiger partial charge in [0.1, 0.15) is 5.82 Å². The maximum atomic E-state index is 12.0. The first-order valence-corrected chi connectivity index (χ1v) is 7.46. The Morgan fingerprint density at radius 1 is 1.29 bits per heavy atom. The normalized spacial score (nSPS) is 18.7. The largest absolute Gasteiger partial charge is 0.375 e. The highest BCUT2D eigenvalue weighted by Crippen LogP contribution is 2.37. The van der Waals surface area contributed by atoms with Crippen molar-refractivity contribution < 1.29 is 14.7 Å². The molecule has 0 aliphatic carbocycles. The van der Waals surface area contributed by atoms with E-state index in [1.165, 1.54) is 12.4 Å². The van der Waals surface area contributed by atoms with Gasteiger partial charge in [0.15, 0.2) is 5.60 Å². The molecule has 124 valence electrons. The van der Waals surface area contributed by atoms with E-state index in [2.05, 4.69) is 25.9 Å². The van der Waals surface area contributed by atoms with Gasteiger partial charge < -0.3 is 21.1 Å². The minimum atomic E-state index is -1.64. The average Bonchev–Trinajstić information content (AvgIpc) is 2.81. The molecular formula is C16H17N5O3. The number of rotatable bonds is 4. The van der Waals surface area contributed by atoms with Crippen LogP contribution in [0.4, 0.5) is 16.2 Å². The number of para-hydroxylation sites is 1. The third-order valence-electron chi connectivity index (χ3n) is 3.81. The van der Waals surface area contributed by atoms with Gasteiger partial charge in [-0.25, -0.2) is 14.8 Å². The number of anilines is 2. The van der Waals surface area contributed by atoms with Crippen molar-refractivity contribution in [2.45, 2.75) is 18.9 Å². The molecule has 8 nitrogen and oxygen atoms in total. The van der Waals surface area contributed by atoms with Crippen LogP contribution in [-0.4, -0.2) is 33.6 Å². The van der Waals surface area contributed by atoms with Crippen LogP contribution in [0.15, 0.2) is 36.7 Å². The van der Waals surface area contributed by atoms with Gasteiger partial charge in [-0.15, -0.1) is 0 Å². The summed E-state index contributed by atoms with van der Waals surface area (Å²) in [6.07, 6.45) is 3.06. The van der Waals surface area contributed by atoms with Crippen molar-refractivity contribution in [2.75, 3.05) is 17.2 Å². The molecule has 3 amide bonds. The number of nitrogens with one attached hydrogen (secondary N) is 3. The number of amides is 3. The topological polar surface area (TPSA) is 116 Å². The fourth-order valence-electron chi connectivity index (χ4n) is 2.54. The van der Waals surface area contributed by atoms with E-state index in [0.717, 1.165) is 0 Å². The molecule has 4 N–H and O–H groups in total. The van der Waals surface area contributed by atoms with Gasteiger partial charge >= 0.3 is 6.03 Å². The third-order valence-corrected chi connectivity index (χ3v) is 3.81. The number of carbonyl (C=O) groups excluding carboxylic acids is 2. The van der Waals surface area contributed by atoms with Crippen molar-refractivity contribution in [2.24, 2.45) is 0 Å². The first kappa shape index (κ1) is 15.9. The van der Waals surface area contributed by atoms with E-state index >= 15 is 0 Å². The lowest BCUT2D eigenvalue weighted by Gasteiger charge is -2.21. The van der Waals surface area contributed by atoms with E-state index in [1.54, 1.807) is 31.2 Å². The summed E-state index contributed by atoms with van der Waals surface area (Å²) >= 11 is 0. The molecule has 2 heterocycles. The number of aryl methyl sites for hydroxylation is 1. The second kappa shape index (κ2) is 6.25. The van der Waals surface area contributed by atoms with Crippen molar-refractivity contribution in [1.82, 2.24) is 15.3 Å². The number of aromatic nitrogens is 2. The first-order chi connectivity index (χ1) is 11.5. The van der Waals surface area contributed by atoms with E-state index < -0.39 is 17.5 Å². The zero-order chi connectivity index (χ0) is 17.2. The Morgan fingerprint density at radius 3 is 2.75 bits per heavy atom. The predicted molar refractivity (Wildman–Crippen MR) is 87.4 cm³/mol. The molecule has 1 unspecified atom stereocenters. The van der Waals surface area contributed by atoms with Crippen LogP contribution in [0.5, 0.6) is 0 Å². The Morgan fingerprint density at radius 2 is 2.00 bits per heavy atom. The number of aliphatic hydroxyl groups is 1. The van der Waals surface area contributed by atoms with Crippen LogP contribution >= 0.6 is 0 Å². The van der Waals surface area contributed by atoms with E-state index in [-0.39, 0.29) is 13.0 Å². The maximum absolute atomic E-state index is 12.0. The zero-order valence-corrected chi connectivity index (χ0v) is 13.0.